The van der Waals surface area contributed by atoms with Crippen molar-refractivity contribution in [3.05, 3.63) is 81.0 Å². The third-order valence-corrected chi connectivity index (χ3v) is 5.48. The summed E-state index contributed by atoms with van der Waals surface area (Å²) in [5.41, 5.74) is 1.33. The molecule has 4 nitrogen and oxygen atoms in total. The first-order chi connectivity index (χ1) is 12.7. The number of hydrogen-bond acceptors (Lipinski definition) is 2. The Balaban J connectivity index is 1.84. The van der Waals surface area contributed by atoms with Gasteiger partial charge in [-0.3, -0.25) is 13.9 Å². The fraction of sp³-hybridized carbons (Fsp3) is 0.364. The summed E-state index contributed by atoms with van der Waals surface area (Å²) in [6, 6.07) is 17.2. The van der Waals surface area contributed by atoms with Crippen molar-refractivity contribution in [3.63, 3.8) is 0 Å². The average molecular weight is 348 g/mol. The summed E-state index contributed by atoms with van der Waals surface area (Å²) in [6.07, 6.45) is 6.10. The highest BCUT2D eigenvalue weighted by molar-refractivity contribution is 5.77. The van der Waals surface area contributed by atoms with Crippen LogP contribution < -0.4 is 11.2 Å². The Morgan fingerprint density at radius 2 is 1.50 bits per heavy atom. The predicted molar refractivity (Wildman–Crippen MR) is 105 cm³/mol. The van der Waals surface area contributed by atoms with Gasteiger partial charge in [-0.2, -0.15) is 0 Å². The molecule has 0 saturated heterocycles. The SMILES string of the molecule is O=c1c2ccccc2n(CC2CCCCC2)c(=O)n1Cc1ccccc1. The van der Waals surface area contributed by atoms with Crippen molar-refractivity contribution >= 4 is 10.9 Å². The fourth-order valence-electron chi connectivity index (χ4n) is 4.08. The standard InChI is InChI=1S/C22H24N2O2/c25-21-19-13-7-8-14-20(19)23(15-17-9-3-1-4-10-17)22(26)24(21)16-18-11-5-2-6-12-18/h2,5-8,11-14,17H,1,3-4,9-10,15-16H2. The van der Waals surface area contributed by atoms with Gasteiger partial charge in [0.1, 0.15) is 0 Å². The van der Waals surface area contributed by atoms with Gasteiger partial charge in [0.15, 0.2) is 0 Å². The molecule has 26 heavy (non-hydrogen) atoms. The molecule has 3 aromatic rings. The summed E-state index contributed by atoms with van der Waals surface area (Å²) in [7, 11) is 0. The van der Waals surface area contributed by atoms with Crippen LogP contribution in [0.4, 0.5) is 0 Å². The summed E-state index contributed by atoms with van der Waals surface area (Å²) in [5, 5.41) is 0.624. The van der Waals surface area contributed by atoms with Crippen LogP contribution in [0.15, 0.2) is 64.2 Å². The van der Waals surface area contributed by atoms with Crippen LogP contribution in [0, 0.1) is 5.92 Å². The van der Waals surface area contributed by atoms with Crippen LogP contribution in [0.3, 0.4) is 0 Å². The summed E-state index contributed by atoms with van der Waals surface area (Å²) in [6.45, 7) is 1.02. The maximum atomic E-state index is 13.2. The second-order valence-corrected chi connectivity index (χ2v) is 7.29. The number of fused-ring (bicyclic) bond motifs is 1. The van der Waals surface area contributed by atoms with Gasteiger partial charge in [0, 0.05) is 6.54 Å². The second kappa shape index (κ2) is 7.32. The molecule has 0 unspecified atom stereocenters. The highest BCUT2D eigenvalue weighted by Crippen LogP contribution is 2.25. The minimum absolute atomic E-state index is 0.192. The molecule has 2 aromatic carbocycles. The predicted octanol–water partition coefficient (Wildman–Crippen LogP) is 3.79. The largest absolute Gasteiger partial charge is 0.331 e. The third kappa shape index (κ3) is 3.24. The van der Waals surface area contributed by atoms with Crippen molar-refractivity contribution in [2.75, 3.05) is 0 Å². The van der Waals surface area contributed by atoms with Crippen molar-refractivity contribution in [1.82, 2.24) is 9.13 Å². The van der Waals surface area contributed by atoms with Crippen molar-refractivity contribution in [3.8, 4) is 0 Å². The highest BCUT2D eigenvalue weighted by atomic mass is 16.2. The molecule has 0 N–H and O–H groups in total. The molecule has 134 valence electrons. The van der Waals surface area contributed by atoms with E-state index in [0.717, 1.165) is 11.1 Å². The number of aromatic nitrogens is 2. The lowest BCUT2D eigenvalue weighted by Gasteiger charge is -2.23. The van der Waals surface area contributed by atoms with Gasteiger partial charge >= 0.3 is 5.69 Å². The summed E-state index contributed by atoms with van der Waals surface area (Å²) in [5.74, 6) is 0.521. The van der Waals surface area contributed by atoms with E-state index >= 15 is 0 Å². The molecule has 1 aliphatic rings. The Bertz CT molecular complexity index is 1010. The molecule has 4 rings (SSSR count). The van der Waals surface area contributed by atoms with E-state index in [2.05, 4.69) is 0 Å². The van der Waals surface area contributed by atoms with Crippen LogP contribution in [0.2, 0.25) is 0 Å². The number of nitrogens with zero attached hydrogens (tertiary/aromatic N) is 2. The first-order valence-electron chi connectivity index (χ1n) is 9.50. The van der Waals surface area contributed by atoms with Gasteiger partial charge < -0.3 is 0 Å². The van der Waals surface area contributed by atoms with Crippen molar-refractivity contribution in [1.29, 1.82) is 0 Å². The van der Waals surface area contributed by atoms with E-state index in [1.54, 1.807) is 0 Å². The van der Waals surface area contributed by atoms with Crippen LogP contribution in [0.5, 0.6) is 0 Å². The maximum Gasteiger partial charge on any atom is 0.331 e. The lowest BCUT2D eigenvalue weighted by Crippen LogP contribution is -2.41. The van der Waals surface area contributed by atoms with E-state index < -0.39 is 0 Å². The van der Waals surface area contributed by atoms with Crippen LogP contribution >= 0.6 is 0 Å². The molecule has 0 amide bonds. The number of hydrogen-bond donors (Lipinski definition) is 0. The topological polar surface area (TPSA) is 44.0 Å². The van der Waals surface area contributed by atoms with Gasteiger partial charge in [0.25, 0.3) is 5.56 Å². The normalized spacial score (nSPS) is 15.4. The zero-order valence-electron chi connectivity index (χ0n) is 14.9. The molecule has 1 heterocycles. The average Bonchev–Trinajstić information content (AvgIpc) is 2.70. The van der Waals surface area contributed by atoms with Crippen LogP contribution in [0.1, 0.15) is 37.7 Å². The fourth-order valence-corrected chi connectivity index (χ4v) is 4.08. The van der Waals surface area contributed by atoms with E-state index in [-0.39, 0.29) is 11.2 Å². The Kier molecular flexibility index (Phi) is 4.74. The summed E-state index contributed by atoms with van der Waals surface area (Å²) in [4.78, 5) is 26.2. The highest BCUT2D eigenvalue weighted by Gasteiger charge is 2.18. The third-order valence-electron chi connectivity index (χ3n) is 5.48. The molecule has 1 aliphatic carbocycles. The number of benzene rings is 2. The number of rotatable bonds is 4. The molecule has 1 aromatic heterocycles. The summed E-state index contributed by atoms with van der Waals surface area (Å²) >= 11 is 0. The van der Waals surface area contributed by atoms with Gasteiger partial charge in [0.2, 0.25) is 0 Å². The second-order valence-electron chi connectivity index (χ2n) is 7.29. The molecule has 0 spiro atoms. The van der Waals surface area contributed by atoms with E-state index in [1.807, 2.05) is 59.2 Å². The Labute approximate surface area is 152 Å². The lowest BCUT2D eigenvalue weighted by atomic mass is 9.89. The van der Waals surface area contributed by atoms with E-state index in [1.165, 1.54) is 36.7 Å². The summed E-state index contributed by atoms with van der Waals surface area (Å²) < 4.78 is 3.22. The van der Waals surface area contributed by atoms with Gasteiger partial charge in [-0.15, -0.1) is 0 Å². The van der Waals surface area contributed by atoms with Gasteiger partial charge in [-0.25, -0.2) is 4.79 Å². The molecule has 4 heteroatoms. The smallest absolute Gasteiger partial charge is 0.293 e. The van der Waals surface area contributed by atoms with Gasteiger partial charge in [-0.05, 0) is 36.5 Å². The molecular weight excluding hydrogens is 324 g/mol. The Hall–Kier alpha value is -2.62. The van der Waals surface area contributed by atoms with E-state index in [9.17, 15) is 9.59 Å². The Morgan fingerprint density at radius 3 is 2.27 bits per heavy atom. The van der Waals surface area contributed by atoms with E-state index in [0.29, 0.717) is 24.4 Å². The van der Waals surface area contributed by atoms with Crippen molar-refractivity contribution in [2.24, 2.45) is 5.92 Å². The molecule has 1 saturated carbocycles. The molecule has 0 bridgehead atoms. The Morgan fingerprint density at radius 1 is 0.808 bits per heavy atom. The van der Waals surface area contributed by atoms with Crippen LogP contribution in [0.25, 0.3) is 10.9 Å². The minimum atomic E-state index is -0.200. The number of para-hydroxylation sites is 1. The van der Waals surface area contributed by atoms with Gasteiger partial charge in [0.05, 0.1) is 17.4 Å². The monoisotopic (exact) mass is 348 g/mol. The van der Waals surface area contributed by atoms with Crippen molar-refractivity contribution in [2.45, 2.75) is 45.2 Å². The molecule has 1 fully saturated rings. The zero-order chi connectivity index (χ0) is 17.9. The quantitative estimate of drug-likeness (QED) is 0.720. The van der Waals surface area contributed by atoms with Crippen molar-refractivity contribution < 1.29 is 0 Å². The minimum Gasteiger partial charge on any atom is -0.293 e. The van der Waals surface area contributed by atoms with Crippen LogP contribution in [-0.2, 0) is 13.1 Å². The first-order valence-corrected chi connectivity index (χ1v) is 9.50. The molecule has 0 radical (unpaired) electrons. The molecular formula is C22H24N2O2. The van der Waals surface area contributed by atoms with Crippen LogP contribution in [-0.4, -0.2) is 9.13 Å². The zero-order valence-corrected chi connectivity index (χ0v) is 14.9. The molecule has 0 aliphatic heterocycles. The maximum absolute atomic E-state index is 13.2. The van der Waals surface area contributed by atoms with E-state index in [4.69, 9.17) is 0 Å². The van der Waals surface area contributed by atoms with Gasteiger partial charge in [-0.1, -0.05) is 61.7 Å². The lowest BCUT2D eigenvalue weighted by molar-refractivity contribution is 0.316. The first kappa shape index (κ1) is 16.8. The molecule has 0 atom stereocenters.